The van der Waals surface area contributed by atoms with Crippen LogP contribution in [0.1, 0.15) is 29.5 Å². The summed E-state index contributed by atoms with van der Waals surface area (Å²) in [6, 6.07) is 4.70. The molecule has 2 heterocycles. The van der Waals surface area contributed by atoms with Crippen LogP contribution >= 0.6 is 23.7 Å². The topological polar surface area (TPSA) is 32.3 Å². The van der Waals surface area contributed by atoms with Gasteiger partial charge in [-0.15, -0.1) is 23.7 Å². The van der Waals surface area contributed by atoms with Crippen LogP contribution in [0.2, 0.25) is 0 Å². The highest BCUT2D eigenvalue weighted by Gasteiger charge is 2.27. The molecule has 1 aromatic rings. The average molecular weight is 303 g/mol. The van der Waals surface area contributed by atoms with Gasteiger partial charge in [0.1, 0.15) is 0 Å². The lowest BCUT2D eigenvalue weighted by Crippen LogP contribution is -2.42. The number of carbonyl (C=O) groups excluding carboxylic acids is 1. The second kappa shape index (κ2) is 7.27. The summed E-state index contributed by atoms with van der Waals surface area (Å²) in [5.41, 5.74) is 0. The Morgan fingerprint density at radius 1 is 1.53 bits per heavy atom. The van der Waals surface area contributed by atoms with Crippen LogP contribution in [0.25, 0.3) is 0 Å². The fraction of sp³-hybridized carbons (Fsp3) is 0.643. The molecule has 1 N–H and O–H groups in total. The zero-order chi connectivity index (χ0) is 13.1. The molecule has 1 amide bonds. The fourth-order valence-corrected chi connectivity index (χ4v) is 3.49. The van der Waals surface area contributed by atoms with Gasteiger partial charge in [0, 0.05) is 28.8 Å². The minimum Gasteiger partial charge on any atom is -0.340 e. The molecule has 1 fully saturated rings. The molecule has 1 aliphatic rings. The van der Waals surface area contributed by atoms with E-state index in [1.807, 2.05) is 11.9 Å². The molecule has 0 aliphatic carbocycles. The molecule has 0 radical (unpaired) electrons. The number of thiophene rings is 1. The van der Waals surface area contributed by atoms with Crippen molar-refractivity contribution in [3.05, 3.63) is 21.9 Å². The number of nitrogens with one attached hydrogen (secondary N) is 1. The van der Waals surface area contributed by atoms with Gasteiger partial charge >= 0.3 is 0 Å². The lowest BCUT2D eigenvalue weighted by molar-refractivity contribution is -0.135. The van der Waals surface area contributed by atoms with Crippen LogP contribution in [0, 0.1) is 12.8 Å². The van der Waals surface area contributed by atoms with E-state index in [2.05, 4.69) is 31.3 Å². The predicted molar refractivity (Wildman–Crippen MR) is 83.0 cm³/mol. The van der Waals surface area contributed by atoms with E-state index in [-0.39, 0.29) is 18.3 Å². The molecular weight excluding hydrogens is 280 g/mol. The van der Waals surface area contributed by atoms with Gasteiger partial charge in [-0.05, 0) is 45.4 Å². The number of rotatable bonds is 3. The maximum absolute atomic E-state index is 12.4. The van der Waals surface area contributed by atoms with Crippen LogP contribution in [-0.4, -0.2) is 30.4 Å². The highest BCUT2D eigenvalue weighted by atomic mass is 35.5. The van der Waals surface area contributed by atoms with E-state index in [1.54, 1.807) is 11.3 Å². The fourth-order valence-electron chi connectivity index (χ4n) is 2.55. The molecule has 2 rings (SSSR count). The lowest BCUT2D eigenvalue weighted by atomic mass is 9.92. The van der Waals surface area contributed by atoms with Gasteiger partial charge in [0.05, 0.1) is 6.54 Å². The lowest BCUT2D eigenvalue weighted by Gasteiger charge is -2.30. The molecule has 1 aliphatic heterocycles. The normalized spacial score (nSPS) is 22.7. The molecular formula is C14H23ClN2OS. The molecule has 0 spiro atoms. The van der Waals surface area contributed by atoms with Gasteiger partial charge in [-0.3, -0.25) is 4.79 Å². The van der Waals surface area contributed by atoms with E-state index >= 15 is 0 Å². The van der Waals surface area contributed by atoms with Crippen molar-refractivity contribution in [2.75, 3.05) is 13.6 Å². The zero-order valence-corrected chi connectivity index (χ0v) is 13.4. The van der Waals surface area contributed by atoms with Crippen LogP contribution in [0.3, 0.4) is 0 Å². The Morgan fingerprint density at radius 2 is 2.26 bits per heavy atom. The summed E-state index contributed by atoms with van der Waals surface area (Å²) >= 11 is 1.77. The summed E-state index contributed by atoms with van der Waals surface area (Å²) in [5.74, 6) is 0.502. The number of piperidine rings is 1. The van der Waals surface area contributed by atoms with Gasteiger partial charge in [-0.25, -0.2) is 0 Å². The van der Waals surface area contributed by atoms with Crippen LogP contribution in [0.15, 0.2) is 12.1 Å². The van der Waals surface area contributed by atoms with Crippen molar-refractivity contribution in [2.45, 2.75) is 39.3 Å². The summed E-state index contributed by atoms with van der Waals surface area (Å²) in [5, 5.41) is 3.39. The van der Waals surface area contributed by atoms with Crippen molar-refractivity contribution in [1.29, 1.82) is 0 Å². The van der Waals surface area contributed by atoms with Crippen molar-refractivity contribution >= 4 is 29.7 Å². The van der Waals surface area contributed by atoms with Gasteiger partial charge in [0.15, 0.2) is 0 Å². The molecule has 1 aromatic heterocycles. The predicted octanol–water partition coefficient (Wildman–Crippen LogP) is 2.82. The highest BCUT2D eigenvalue weighted by Crippen LogP contribution is 2.21. The smallest absolute Gasteiger partial charge is 0.225 e. The average Bonchev–Trinajstić information content (AvgIpc) is 2.73. The van der Waals surface area contributed by atoms with Gasteiger partial charge in [-0.2, -0.15) is 0 Å². The molecule has 108 valence electrons. The van der Waals surface area contributed by atoms with Gasteiger partial charge in [0.2, 0.25) is 5.91 Å². The number of aryl methyl sites for hydroxylation is 1. The maximum Gasteiger partial charge on any atom is 0.225 e. The van der Waals surface area contributed by atoms with Gasteiger partial charge in [-0.1, -0.05) is 0 Å². The largest absolute Gasteiger partial charge is 0.340 e. The number of nitrogens with zero attached hydrogens (tertiary/aromatic N) is 1. The third-order valence-electron chi connectivity index (χ3n) is 3.54. The number of halogens is 1. The SMILES string of the molecule is Cc1ccc(CN(C)C(=O)[C@H]2CCN[C@@H](C)C2)s1.Cl. The molecule has 5 heteroatoms. The molecule has 0 aromatic carbocycles. The molecule has 2 atom stereocenters. The second-order valence-electron chi connectivity index (χ2n) is 5.28. The first-order chi connectivity index (χ1) is 8.56. The van der Waals surface area contributed by atoms with Crippen LogP contribution in [-0.2, 0) is 11.3 Å². The first kappa shape index (κ1) is 16.5. The van der Waals surface area contributed by atoms with E-state index in [0.717, 1.165) is 25.9 Å². The molecule has 0 bridgehead atoms. The molecule has 3 nitrogen and oxygen atoms in total. The highest BCUT2D eigenvalue weighted by molar-refractivity contribution is 7.11. The van der Waals surface area contributed by atoms with E-state index in [0.29, 0.717) is 11.9 Å². The molecule has 0 saturated carbocycles. The maximum atomic E-state index is 12.4. The number of hydrogen-bond acceptors (Lipinski definition) is 3. The minimum absolute atomic E-state index is 0. The third kappa shape index (κ3) is 4.48. The Labute approximate surface area is 125 Å². The Kier molecular flexibility index (Phi) is 6.30. The van der Waals surface area contributed by atoms with Crippen molar-refractivity contribution in [2.24, 2.45) is 5.92 Å². The summed E-state index contributed by atoms with van der Waals surface area (Å²) in [6.45, 7) is 5.96. The molecule has 19 heavy (non-hydrogen) atoms. The number of amides is 1. The summed E-state index contributed by atoms with van der Waals surface area (Å²) in [7, 11) is 1.92. The van der Waals surface area contributed by atoms with Crippen molar-refractivity contribution in [1.82, 2.24) is 10.2 Å². The van der Waals surface area contributed by atoms with E-state index in [4.69, 9.17) is 0 Å². The molecule has 1 saturated heterocycles. The minimum atomic E-state index is 0. The monoisotopic (exact) mass is 302 g/mol. The van der Waals surface area contributed by atoms with E-state index in [1.165, 1.54) is 9.75 Å². The number of hydrogen-bond donors (Lipinski definition) is 1. The molecule has 0 unspecified atom stereocenters. The Bertz CT molecular complexity index is 421. The number of carbonyl (C=O) groups is 1. The van der Waals surface area contributed by atoms with Gasteiger partial charge < -0.3 is 10.2 Å². The Balaban J connectivity index is 0.00000180. The van der Waals surface area contributed by atoms with E-state index < -0.39 is 0 Å². The van der Waals surface area contributed by atoms with Crippen molar-refractivity contribution in [3.63, 3.8) is 0 Å². The first-order valence-electron chi connectivity index (χ1n) is 6.60. The van der Waals surface area contributed by atoms with Crippen LogP contribution in [0.4, 0.5) is 0 Å². The van der Waals surface area contributed by atoms with Crippen molar-refractivity contribution in [3.8, 4) is 0 Å². The van der Waals surface area contributed by atoms with Crippen LogP contribution < -0.4 is 5.32 Å². The summed E-state index contributed by atoms with van der Waals surface area (Å²) in [4.78, 5) is 16.8. The Morgan fingerprint density at radius 3 is 2.84 bits per heavy atom. The van der Waals surface area contributed by atoms with Crippen molar-refractivity contribution < 1.29 is 4.79 Å². The summed E-state index contributed by atoms with van der Waals surface area (Å²) < 4.78 is 0. The van der Waals surface area contributed by atoms with Crippen LogP contribution in [0.5, 0.6) is 0 Å². The first-order valence-corrected chi connectivity index (χ1v) is 7.41. The quantitative estimate of drug-likeness (QED) is 0.931. The Hall–Kier alpha value is -0.580. The van der Waals surface area contributed by atoms with E-state index in [9.17, 15) is 4.79 Å². The zero-order valence-electron chi connectivity index (χ0n) is 11.8. The van der Waals surface area contributed by atoms with Gasteiger partial charge in [0.25, 0.3) is 0 Å². The summed E-state index contributed by atoms with van der Waals surface area (Å²) in [6.07, 6.45) is 1.93. The standard InChI is InChI=1S/C14H22N2OS.ClH/c1-10-8-12(6-7-15-10)14(17)16(3)9-13-5-4-11(2)18-13;/h4-5,10,12,15H,6-9H2,1-3H3;1H/t10-,12-;/m0./s1. The third-order valence-corrected chi connectivity index (χ3v) is 4.52. The second-order valence-corrected chi connectivity index (χ2v) is 6.66.